The Balaban J connectivity index is 1.51. The van der Waals surface area contributed by atoms with Gasteiger partial charge in [0.25, 0.3) is 0 Å². The Morgan fingerprint density at radius 3 is 1.65 bits per heavy atom. The van der Waals surface area contributed by atoms with E-state index in [0.29, 0.717) is 27.6 Å². The van der Waals surface area contributed by atoms with Crippen molar-refractivity contribution in [1.29, 1.82) is 0 Å². The van der Waals surface area contributed by atoms with Crippen LogP contribution in [0.4, 0.5) is 0 Å². The van der Waals surface area contributed by atoms with Crippen LogP contribution in [-0.2, 0) is 0 Å². The van der Waals surface area contributed by atoms with Crippen molar-refractivity contribution in [3.8, 4) is 33.4 Å². The maximum absolute atomic E-state index is 9.72. The fourth-order valence-corrected chi connectivity index (χ4v) is 7.63. The Bertz CT molecular complexity index is 3300. The predicted octanol–water partition coefficient (Wildman–Crippen LogP) is 13.6. The molecule has 0 atom stereocenters. The monoisotopic (exact) mass is 614 g/mol. The molecule has 10 rings (SSSR count). The van der Waals surface area contributed by atoms with Gasteiger partial charge in [-0.3, -0.25) is 0 Å². The predicted molar refractivity (Wildman–Crippen MR) is 208 cm³/mol. The first-order valence-corrected chi connectivity index (χ1v) is 16.0. The summed E-state index contributed by atoms with van der Waals surface area (Å²) in [7, 11) is 0. The summed E-state index contributed by atoms with van der Waals surface area (Å²) >= 11 is 0. The van der Waals surface area contributed by atoms with Crippen LogP contribution in [0.1, 0.15) is 11.0 Å². The lowest BCUT2D eigenvalue weighted by molar-refractivity contribution is 1.63. The summed E-state index contributed by atoms with van der Waals surface area (Å²) in [5, 5.41) is 8.34. The highest BCUT2D eigenvalue weighted by Gasteiger charge is 2.20. The standard InChI is InChI=1S/C48H30/c1-3-18-34-31(14-1)16-11-26-36(34)38-21-8-10-25-43(38)48-35-19-4-2-15-32(35)30-33-17-12-27-44(46(33)48)45-29-13-28-42-40-22-6-5-20-37(40)39-23-7-9-24-41(39)47(42)45/h1-30H/i2D,4D,12D,15D,17D,19D,27D,30D. The van der Waals surface area contributed by atoms with E-state index in [4.69, 9.17) is 4.11 Å². The fourth-order valence-electron chi connectivity index (χ4n) is 7.63. The second-order valence-electron chi connectivity index (χ2n) is 12.1. The van der Waals surface area contributed by atoms with Crippen molar-refractivity contribution in [1.82, 2.24) is 0 Å². The van der Waals surface area contributed by atoms with Gasteiger partial charge in [0.2, 0.25) is 0 Å². The number of rotatable bonds is 3. The first-order chi connectivity index (χ1) is 27.2. The van der Waals surface area contributed by atoms with Gasteiger partial charge >= 0.3 is 0 Å². The minimum Gasteiger partial charge on any atom is -0.0616 e. The lowest BCUT2D eigenvalue weighted by Gasteiger charge is -2.20. The maximum Gasteiger partial charge on any atom is 0.0636 e. The molecule has 0 heterocycles. The number of fused-ring (bicyclic) bond motifs is 9. The van der Waals surface area contributed by atoms with Crippen molar-refractivity contribution in [3.05, 3.63) is 182 Å². The van der Waals surface area contributed by atoms with Crippen molar-refractivity contribution in [3.63, 3.8) is 0 Å². The van der Waals surface area contributed by atoms with Crippen molar-refractivity contribution in [2.75, 3.05) is 0 Å². The Labute approximate surface area is 290 Å². The van der Waals surface area contributed by atoms with Crippen molar-refractivity contribution in [2.24, 2.45) is 0 Å². The van der Waals surface area contributed by atoms with Crippen LogP contribution in [-0.4, -0.2) is 0 Å². The molecule has 10 aromatic rings. The maximum atomic E-state index is 9.72. The van der Waals surface area contributed by atoms with E-state index >= 15 is 0 Å². The third-order valence-corrected chi connectivity index (χ3v) is 9.63. The van der Waals surface area contributed by atoms with Crippen LogP contribution in [0.2, 0.25) is 0 Å². The molecule has 0 saturated heterocycles. The lowest BCUT2D eigenvalue weighted by atomic mass is 9.82. The molecule has 0 fully saturated rings. The molecule has 48 heavy (non-hydrogen) atoms. The molecule has 0 heteroatoms. The Morgan fingerprint density at radius 2 is 0.833 bits per heavy atom. The minimum absolute atomic E-state index is 0.0304. The molecule has 0 unspecified atom stereocenters. The molecule has 0 saturated carbocycles. The second-order valence-corrected chi connectivity index (χ2v) is 12.1. The molecule has 0 N–H and O–H groups in total. The largest absolute Gasteiger partial charge is 0.0636 e. The molecule has 0 aliphatic carbocycles. The topological polar surface area (TPSA) is 0 Å². The van der Waals surface area contributed by atoms with Crippen molar-refractivity contribution in [2.45, 2.75) is 0 Å². The molecule has 0 aliphatic heterocycles. The van der Waals surface area contributed by atoms with Gasteiger partial charge in [-0.15, -0.1) is 0 Å². The molecule has 10 aromatic carbocycles. The van der Waals surface area contributed by atoms with Gasteiger partial charge < -0.3 is 0 Å². The van der Waals surface area contributed by atoms with Crippen LogP contribution in [0.5, 0.6) is 0 Å². The van der Waals surface area contributed by atoms with E-state index in [0.717, 1.165) is 54.2 Å². The molecular formula is C48H30. The molecule has 222 valence electrons. The average molecular weight is 615 g/mol. The molecule has 0 amide bonds. The van der Waals surface area contributed by atoms with Gasteiger partial charge in [-0.1, -0.05) is 176 Å². The normalized spacial score (nSPS) is 14.1. The summed E-state index contributed by atoms with van der Waals surface area (Å²) in [5.41, 5.74) is 3.66. The van der Waals surface area contributed by atoms with E-state index in [1.54, 1.807) is 0 Å². The first kappa shape index (κ1) is 20.1. The molecule has 0 radical (unpaired) electrons. The van der Waals surface area contributed by atoms with Gasteiger partial charge in [-0.2, -0.15) is 0 Å². The van der Waals surface area contributed by atoms with Crippen LogP contribution >= 0.6 is 0 Å². The highest BCUT2D eigenvalue weighted by molar-refractivity contribution is 6.30. The van der Waals surface area contributed by atoms with Gasteiger partial charge in [0, 0.05) is 0 Å². The zero-order valence-electron chi connectivity index (χ0n) is 33.7. The Morgan fingerprint density at radius 1 is 0.292 bits per heavy atom. The summed E-state index contributed by atoms with van der Waals surface area (Å²) in [6.07, 6.45) is 0. The summed E-state index contributed by atoms with van der Waals surface area (Å²) in [5.74, 6) is 0. The highest BCUT2D eigenvalue weighted by atomic mass is 14.2. The zero-order chi connectivity index (χ0) is 38.6. The zero-order valence-corrected chi connectivity index (χ0v) is 25.7. The second kappa shape index (κ2) is 10.7. The Kier molecular flexibility index (Phi) is 4.46. The third kappa shape index (κ3) is 3.96. The van der Waals surface area contributed by atoms with Gasteiger partial charge in [0.1, 0.15) is 0 Å². The average Bonchev–Trinajstić information content (AvgIpc) is 3.23. The van der Waals surface area contributed by atoms with E-state index in [9.17, 15) is 6.85 Å². The first-order valence-electron chi connectivity index (χ1n) is 20.0. The number of benzene rings is 10. The quantitative estimate of drug-likeness (QED) is 0.137. The molecule has 0 nitrogen and oxygen atoms in total. The van der Waals surface area contributed by atoms with Crippen LogP contribution in [0.15, 0.2) is 182 Å². The van der Waals surface area contributed by atoms with Crippen molar-refractivity contribution < 1.29 is 11.0 Å². The van der Waals surface area contributed by atoms with Crippen LogP contribution < -0.4 is 0 Å². The summed E-state index contributed by atoms with van der Waals surface area (Å²) < 4.78 is 74.1. The lowest BCUT2D eigenvalue weighted by Crippen LogP contribution is -1.93. The third-order valence-electron chi connectivity index (χ3n) is 9.63. The van der Waals surface area contributed by atoms with Crippen LogP contribution in [0.25, 0.3) is 98.0 Å². The number of hydrogen-bond donors (Lipinski definition) is 0. The van der Waals surface area contributed by atoms with Gasteiger partial charge in [-0.05, 0) is 104 Å². The van der Waals surface area contributed by atoms with E-state index < -0.39 is 12.1 Å². The smallest absolute Gasteiger partial charge is 0.0616 e. The summed E-state index contributed by atoms with van der Waals surface area (Å²) in [4.78, 5) is 0. The highest BCUT2D eigenvalue weighted by Crippen LogP contribution is 2.48. The minimum atomic E-state index is -0.481. The molecule has 0 aromatic heterocycles. The van der Waals surface area contributed by atoms with E-state index in [2.05, 4.69) is 30.3 Å². The summed E-state index contributed by atoms with van der Waals surface area (Å²) in [6, 6.07) is 41.2. The molecule has 0 aliphatic rings. The van der Waals surface area contributed by atoms with E-state index in [1.807, 2.05) is 103 Å². The molecule has 0 bridgehead atoms. The fraction of sp³-hybridized carbons (Fsp3) is 0. The van der Waals surface area contributed by atoms with E-state index in [-0.39, 0.29) is 52.4 Å². The van der Waals surface area contributed by atoms with Gasteiger partial charge in [0.15, 0.2) is 0 Å². The SMILES string of the molecule is [2H]c1c([2H])c([2H])c2c(-c3ccccc3-c3cccc4ccccc34)c3c(-c4cccc5c6ccccc6c6ccccc6c45)c([2H])c([2H])c([2H])c3c([2H])c2c1[2H]. The van der Waals surface area contributed by atoms with Crippen molar-refractivity contribution >= 4 is 64.6 Å². The van der Waals surface area contributed by atoms with Crippen LogP contribution in [0, 0.1) is 0 Å². The Hall–Kier alpha value is -6.24. The summed E-state index contributed by atoms with van der Waals surface area (Å²) in [6.45, 7) is 0. The molecular weight excluding hydrogens is 577 g/mol. The van der Waals surface area contributed by atoms with Gasteiger partial charge in [-0.25, -0.2) is 0 Å². The van der Waals surface area contributed by atoms with Gasteiger partial charge in [0.05, 0.1) is 11.0 Å². The molecule has 0 spiro atoms. The number of hydrogen-bond acceptors (Lipinski definition) is 0. The van der Waals surface area contributed by atoms with E-state index in [1.165, 1.54) is 0 Å². The van der Waals surface area contributed by atoms with Crippen LogP contribution in [0.3, 0.4) is 0 Å².